The number of nitrogens with zero attached hydrogens (tertiary/aromatic N) is 6. The predicted molar refractivity (Wildman–Crippen MR) is 172 cm³/mol. The third-order valence-electron chi connectivity index (χ3n) is 7.73. The summed E-state index contributed by atoms with van der Waals surface area (Å²) in [6.07, 6.45) is 11.9. The molecule has 3 rings (SSSR count). The van der Waals surface area contributed by atoms with Gasteiger partial charge in [0, 0.05) is 63.9 Å². The van der Waals surface area contributed by atoms with Crippen LogP contribution >= 0.6 is 0 Å². The molecule has 1 saturated carbocycles. The number of hydrogen-bond donors (Lipinski definition) is 6. The van der Waals surface area contributed by atoms with Crippen molar-refractivity contribution < 1.29 is 14.7 Å². The molecule has 2 aliphatic rings. The molecule has 1 saturated heterocycles. The summed E-state index contributed by atoms with van der Waals surface area (Å²) in [5, 5.41) is 22.9. The fourth-order valence-corrected chi connectivity index (χ4v) is 5.35. The van der Waals surface area contributed by atoms with Crippen molar-refractivity contribution in [2.75, 3.05) is 74.9 Å². The summed E-state index contributed by atoms with van der Waals surface area (Å²) in [5.41, 5.74) is 6.65. The van der Waals surface area contributed by atoms with Crippen molar-refractivity contribution in [2.24, 2.45) is 15.9 Å². The lowest BCUT2D eigenvalue weighted by Gasteiger charge is -2.23. The van der Waals surface area contributed by atoms with E-state index in [1.54, 1.807) is 17.2 Å². The van der Waals surface area contributed by atoms with Crippen molar-refractivity contribution in [2.45, 2.75) is 76.7 Å². The highest BCUT2D eigenvalue weighted by molar-refractivity contribution is 6.32. The minimum Gasteiger partial charge on any atom is -0.481 e. The van der Waals surface area contributed by atoms with Crippen LogP contribution in [0.5, 0.6) is 0 Å². The van der Waals surface area contributed by atoms with Gasteiger partial charge in [-0.3, -0.25) is 14.6 Å². The quantitative estimate of drug-likeness (QED) is 0.0616. The average molecular weight is 602 g/mol. The van der Waals surface area contributed by atoms with Gasteiger partial charge >= 0.3 is 5.97 Å². The number of hydrazone groups is 1. The Morgan fingerprint density at radius 3 is 2.60 bits per heavy atom. The van der Waals surface area contributed by atoms with Crippen LogP contribution in [0, 0.1) is 0 Å². The number of carboxylic acids is 1. The van der Waals surface area contributed by atoms with Crippen LogP contribution in [0.2, 0.25) is 0 Å². The van der Waals surface area contributed by atoms with E-state index in [0.717, 1.165) is 44.9 Å². The minimum absolute atomic E-state index is 0.000125. The van der Waals surface area contributed by atoms with Gasteiger partial charge in [-0.15, -0.1) is 0 Å². The maximum atomic E-state index is 12.5. The molecule has 0 aromatic carbocycles. The van der Waals surface area contributed by atoms with Crippen molar-refractivity contribution in [3.8, 4) is 0 Å². The zero-order chi connectivity index (χ0) is 30.7. The van der Waals surface area contributed by atoms with Crippen LogP contribution in [0.1, 0.15) is 70.6 Å². The number of nitrogen functional groups attached to an aromatic ring is 1. The largest absolute Gasteiger partial charge is 0.481 e. The summed E-state index contributed by atoms with van der Waals surface area (Å²) in [5.74, 6) is 6.04. The van der Waals surface area contributed by atoms with Crippen LogP contribution in [-0.2, 0) is 9.59 Å². The highest BCUT2D eigenvalue weighted by atomic mass is 16.4. The Balaban J connectivity index is 1.34. The molecule has 8 N–H and O–H groups in total. The smallest absolute Gasteiger partial charge is 0.303 e. The Labute approximate surface area is 255 Å². The first-order valence-corrected chi connectivity index (χ1v) is 15.8. The molecule has 0 atom stereocenters. The Morgan fingerprint density at radius 1 is 1.00 bits per heavy atom. The van der Waals surface area contributed by atoms with Gasteiger partial charge in [0.15, 0.2) is 0 Å². The van der Waals surface area contributed by atoms with Crippen LogP contribution in [0.3, 0.4) is 0 Å². The monoisotopic (exact) mass is 601 g/mol. The van der Waals surface area contributed by atoms with Gasteiger partial charge in [-0.2, -0.15) is 15.1 Å². The summed E-state index contributed by atoms with van der Waals surface area (Å²) in [6, 6.07) is 2.44. The summed E-state index contributed by atoms with van der Waals surface area (Å²) in [7, 11) is 0. The lowest BCUT2D eigenvalue weighted by atomic mass is 9.95. The molecule has 1 aliphatic carbocycles. The van der Waals surface area contributed by atoms with Gasteiger partial charge in [-0.1, -0.05) is 19.3 Å². The predicted octanol–water partition coefficient (Wildman–Crippen LogP) is 1.44. The van der Waals surface area contributed by atoms with Crippen molar-refractivity contribution in [1.29, 1.82) is 0 Å². The van der Waals surface area contributed by atoms with Gasteiger partial charge in [-0.05, 0) is 58.2 Å². The highest BCUT2D eigenvalue weighted by Crippen LogP contribution is 2.19. The first-order chi connectivity index (χ1) is 20.9. The van der Waals surface area contributed by atoms with Gasteiger partial charge in [-0.25, -0.2) is 0 Å². The average Bonchev–Trinajstić information content (AvgIpc) is 3.26. The van der Waals surface area contributed by atoms with E-state index in [0.29, 0.717) is 69.0 Å². The molecule has 14 nitrogen and oxygen atoms in total. The third kappa shape index (κ3) is 13.5. The number of carbonyl (C=O) groups is 2. The number of aliphatic imine (C=N–C) groups is 1. The van der Waals surface area contributed by atoms with E-state index in [4.69, 9.17) is 16.7 Å². The lowest BCUT2D eigenvalue weighted by molar-refractivity contribution is -0.137. The molecule has 14 heteroatoms. The van der Waals surface area contributed by atoms with Gasteiger partial charge in [0.2, 0.25) is 11.9 Å². The first kappa shape index (κ1) is 34.0. The summed E-state index contributed by atoms with van der Waals surface area (Å²) in [4.78, 5) is 40.5. The van der Waals surface area contributed by atoms with Crippen LogP contribution in [-0.4, -0.2) is 109 Å². The normalized spacial score (nSPS) is 16.9. The Kier molecular flexibility index (Phi) is 15.5. The van der Waals surface area contributed by atoms with Crippen LogP contribution in [0.15, 0.2) is 16.2 Å². The van der Waals surface area contributed by atoms with E-state index in [1.165, 1.54) is 32.1 Å². The maximum Gasteiger partial charge on any atom is 0.303 e. The summed E-state index contributed by atoms with van der Waals surface area (Å²) >= 11 is 0. The lowest BCUT2D eigenvalue weighted by Crippen LogP contribution is -2.35. The van der Waals surface area contributed by atoms with Crippen molar-refractivity contribution in [1.82, 2.24) is 25.5 Å². The maximum absolute atomic E-state index is 12.5. The Morgan fingerprint density at radius 2 is 1.81 bits per heavy atom. The van der Waals surface area contributed by atoms with Gasteiger partial charge in [0.1, 0.15) is 11.6 Å². The molecule has 1 amide bonds. The molecule has 240 valence electrons. The number of carboxylic acid groups (broad SMARTS) is 1. The molecule has 2 fully saturated rings. The van der Waals surface area contributed by atoms with E-state index in [1.807, 2.05) is 0 Å². The standard InChI is InChI=1S/C29H51N11O3/c30-25-20-26(39-16-7-17-40(19-18-39)27(41)10-4-11-28(42)43)37-29(36-25)35-22-24(38-31)21-33-14-5-12-32-13-6-15-34-23-8-2-1-3-9-23/h20-21,23,32,34H,1-19,22,31H2,(H,42,43)(H3,30,35,36,37). The van der Waals surface area contributed by atoms with E-state index >= 15 is 0 Å². The SMILES string of the molecule is NN=C(C=NCCCNCCCNC1CCCCC1)CNc1nc(N)cc(N2CCCN(C(=O)CCCC(=O)O)CC2)n1. The van der Waals surface area contributed by atoms with Gasteiger partial charge in [0.05, 0.1) is 12.3 Å². The number of nitrogens with one attached hydrogen (secondary N) is 3. The molecule has 0 radical (unpaired) electrons. The number of anilines is 3. The second-order valence-electron chi connectivity index (χ2n) is 11.2. The van der Waals surface area contributed by atoms with Crippen LogP contribution < -0.4 is 32.4 Å². The zero-order valence-electron chi connectivity index (χ0n) is 25.5. The summed E-state index contributed by atoms with van der Waals surface area (Å²) < 4.78 is 0. The third-order valence-corrected chi connectivity index (χ3v) is 7.73. The van der Waals surface area contributed by atoms with Gasteiger partial charge < -0.3 is 42.4 Å². The minimum atomic E-state index is -0.885. The van der Waals surface area contributed by atoms with Crippen molar-refractivity contribution in [3.05, 3.63) is 6.07 Å². The number of aromatic nitrogens is 2. The number of carbonyl (C=O) groups excluding carboxylic acids is 1. The second kappa shape index (κ2) is 19.6. The molecule has 1 aromatic rings. The molecule has 2 heterocycles. The number of aliphatic carboxylic acids is 1. The molecular formula is C29H51N11O3. The van der Waals surface area contributed by atoms with Crippen molar-refractivity contribution in [3.63, 3.8) is 0 Å². The van der Waals surface area contributed by atoms with E-state index in [-0.39, 0.29) is 18.7 Å². The second-order valence-corrected chi connectivity index (χ2v) is 11.2. The van der Waals surface area contributed by atoms with Gasteiger partial charge in [0.25, 0.3) is 0 Å². The van der Waals surface area contributed by atoms with E-state index in [2.05, 4.69) is 40.9 Å². The Hall–Kier alpha value is -3.52. The number of hydrogen-bond acceptors (Lipinski definition) is 12. The molecule has 0 spiro atoms. The van der Waals surface area contributed by atoms with Crippen LogP contribution in [0.25, 0.3) is 0 Å². The fraction of sp³-hybridized carbons (Fsp3) is 0.724. The molecule has 0 bridgehead atoms. The topological polar surface area (TPSA) is 199 Å². The fourth-order valence-electron chi connectivity index (χ4n) is 5.35. The van der Waals surface area contributed by atoms with E-state index < -0.39 is 5.97 Å². The molecule has 1 aromatic heterocycles. The highest BCUT2D eigenvalue weighted by Gasteiger charge is 2.21. The molecular weight excluding hydrogens is 550 g/mol. The summed E-state index contributed by atoms with van der Waals surface area (Å²) in [6.45, 7) is 6.44. The zero-order valence-corrected chi connectivity index (χ0v) is 25.5. The van der Waals surface area contributed by atoms with Crippen LogP contribution in [0.4, 0.5) is 17.6 Å². The number of amides is 1. The molecule has 0 unspecified atom stereocenters. The Bertz CT molecular complexity index is 1050. The molecule has 1 aliphatic heterocycles. The number of rotatable bonds is 18. The molecule has 43 heavy (non-hydrogen) atoms. The van der Waals surface area contributed by atoms with Crippen molar-refractivity contribution >= 4 is 41.4 Å². The van der Waals surface area contributed by atoms with E-state index in [9.17, 15) is 9.59 Å². The number of nitrogens with two attached hydrogens (primary N) is 2. The first-order valence-electron chi connectivity index (χ1n) is 15.8.